The van der Waals surface area contributed by atoms with Crippen molar-refractivity contribution in [2.24, 2.45) is 0 Å². The molecular formula is C8H18O2S. The molecule has 0 heterocycles. The van der Waals surface area contributed by atoms with E-state index in [0.717, 1.165) is 25.0 Å². The lowest BCUT2D eigenvalue weighted by Gasteiger charge is -2.05. The highest BCUT2D eigenvalue weighted by Crippen LogP contribution is 2.12. The van der Waals surface area contributed by atoms with Crippen molar-refractivity contribution in [3.63, 3.8) is 0 Å². The Morgan fingerprint density at radius 2 is 1.91 bits per heavy atom. The zero-order chi connectivity index (χ0) is 8.53. The molecule has 0 aromatic carbocycles. The minimum Gasteiger partial charge on any atom is -0.396 e. The van der Waals surface area contributed by atoms with Crippen LogP contribution < -0.4 is 0 Å². The minimum atomic E-state index is 0.269. The fraction of sp³-hybridized carbons (Fsp3) is 1.00. The number of hydrogen-bond donors (Lipinski definition) is 2. The van der Waals surface area contributed by atoms with Crippen molar-refractivity contribution in [1.82, 2.24) is 0 Å². The van der Waals surface area contributed by atoms with E-state index in [1.807, 2.05) is 6.92 Å². The van der Waals surface area contributed by atoms with E-state index >= 15 is 0 Å². The SMILES string of the molecule is CC(CO)SCCCCCO. The van der Waals surface area contributed by atoms with E-state index in [-0.39, 0.29) is 6.61 Å². The lowest BCUT2D eigenvalue weighted by molar-refractivity contribution is 0.284. The monoisotopic (exact) mass is 178 g/mol. The summed E-state index contributed by atoms with van der Waals surface area (Å²) in [4.78, 5) is 0. The highest BCUT2D eigenvalue weighted by Gasteiger charge is 1.98. The van der Waals surface area contributed by atoms with Gasteiger partial charge >= 0.3 is 0 Å². The molecule has 0 aromatic rings. The summed E-state index contributed by atoms with van der Waals surface area (Å²) >= 11 is 1.80. The molecule has 3 heteroatoms. The third-order valence-corrected chi connectivity index (χ3v) is 2.70. The quantitative estimate of drug-likeness (QED) is 0.577. The third kappa shape index (κ3) is 8.17. The van der Waals surface area contributed by atoms with Crippen molar-refractivity contribution < 1.29 is 10.2 Å². The van der Waals surface area contributed by atoms with E-state index in [2.05, 4.69) is 0 Å². The van der Waals surface area contributed by atoms with Gasteiger partial charge in [-0.1, -0.05) is 13.3 Å². The summed E-state index contributed by atoms with van der Waals surface area (Å²) in [5.74, 6) is 1.10. The fourth-order valence-electron chi connectivity index (χ4n) is 0.728. The fourth-order valence-corrected chi connectivity index (χ4v) is 1.61. The van der Waals surface area contributed by atoms with Crippen LogP contribution in [0.5, 0.6) is 0 Å². The van der Waals surface area contributed by atoms with E-state index < -0.39 is 0 Å². The summed E-state index contributed by atoms with van der Waals surface area (Å²) in [6, 6.07) is 0. The van der Waals surface area contributed by atoms with Gasteiger partial charge in [-0.05, 0) is 18.6 Å². The van der Waals surface area contributed by atoms with Crippen LogP contribution in [0, 0.1) is 0 Å². The zero-order valence-electron chi connectivity index (χ0n) is 7.12. The first-order valence-electron chi connectivity index (χ1n) is 4.14. The Balaban J connectivity index is 2.89. The maximum atomic E-state index is 8.68. The molecule has 0 aliphatic rings. The van der Waals surface area contributed by atoms with Gasteiger partial charge in [-0.15, -0.1) is 0 Å². The van der Waals surface area contributed by atoms with Gasteiger partial charge in [0.2, 0.25) is 0 Å². The van der Waals surface area contributed by atoms with Crippen LogP contribution in [0.15, 0.2) is 0 Å². The average molecular weight is 178 g/mol. The molecule has 0 radical (unpaired) electrons. The first kappa shape index (κ1) is 11.3. The molecule has 11 heavy (non-hydrogen) atoms. The molecule has 0 rings (SSSR count). The first-order chi connectivity index (χ1) is 5.31. The van der Waals surface area contributed by atoms with Crippen LogP contribution in [0.25, 0.3) is 0 Å². The van der Waals surface area contributed by atoms with Gasteiger partial charge in [0, 0.05) is 11.9 Å². The van der Waals surface area contributed by atoms with Gasteiger partial charge in [-0.2, -0.15) is 11.8 Å². The lowest BCUT2D eigenvalue weighted by Crippen LogP contribution is -2.02. The van der Waals surface area contributed by atoms with E-state index in [1.54, 1.807) is 11.8 Å². The van der Waals surface area contributed by atoms with E-state index in [4.69, 9.17) is 10.2 Å². The molecule has 0 bridgehead atoms. The Morgan fingerprint density at radius 3 is 2.45 bits per heavy atom. The summed E-state index contributed by atoms with van der Waals surface area (Å²) in [6.45, 7) is 2.60. The Kier molecular flexibility index (Phi) is 8.57. The van der Waals surface area contributed by atoms with Gasteiger partial charge in [0.25, 0.3) is 0 Å². The van der Waals surface area contributed by atoms with Gasteiger partial charge in [0.05, 0.1) is 6.61 Å². The molecule has 68 valence electrons. The predicted octanol–water partition coefficient (Wildman–Crippen LogP) is 1.26. The summed E-state index contributed by atoms with van der Waals surface area (Å²) in [6.07, 6.45) is 3.16. The van der Waals surface area contributed by atoms with Crippen LogP contribution in [-0.2, 0) is 0 Å². The van der Waals surface area contributed by atoms with Crippen LogP contribution >= 0.6 is 11.8 Å². The number of rotatable bonds is 7. The average Bonchev–Trinajstić information content (AvgIpc) is 2.04. The molecule has 0 saturated carbocycles. The standard InChI is InChI=1S/C8H18O2S/c1-8(7-10)11-6-4-2-3-5-9/h8-10H,2-7H2,1H3. The third-order valence-electron chi connectivity index (χ3n) is 1.46. The Morgan fingerprint density at radius 1 is 1.18 bits per heavy atom. The van der Waals surface area contributed by atoms with Gasteiger partial charge < -0.3 is 10.2 Å². The predicted molar refractivity (Wildman–Crippen MR) is 49.9 cm³/mol. The van der Waals surface area contributed by atoms with Crippen molar-refractivity contribution in [2.75, 3.05) is 19.0 Å². The molecule has 1 atom stereocenters. The highest BCUT2D eigenvalue weighted by molar-refractivity contribution is 7.99. The van der Waals surface area contributed by atoms with Crippen LogP contribution in [0.3, 0.4) is 0 Å². The van der Waals surface area contributed by atoms with Crippen molar-refractivity contribution in [3.05, 3.63) is 0 Å². The smallest absolute Gasteiger partial charge is 0.0547 e. The van der Waals surface area contributed by atoms with Crippen molar-refractivity contribution in [2.45, 2.75) is 31.4 Å². The molecule has 2 N–H and O–H groups in total. The Bertz CT molecular complexity index is 78.5. The molecular weight excluding hydrogens is 160 g/mol. The Labute approximate surface area is 73.0 Å². The maximum Gasteiger partial charge on any atom is 0.0547 e. The summed E-state index contributed by atoms with van der Waals surface area (Å²) < 4.78 is 0. The molecule has 0 spiro atoms. The van der Waals surface area contributed by atoms with E-state index in [0.29, 0.717) is 11.9 Å². The van der Waals surface area contributed by atoms with Crippen molar-refractivity contribution >= 4 is 11.8 Å². The molecule has 1 unspecified atom stereocenters. The number of aliphatic hydroxyl groups is 2. The number of thioether (sulfide) groups is 1. The number of unbranched alkanes of at least 4 members (excludes halogenated alkanes) is 2. The minimum absolute atomic E-state index is 0.269. The molecule has 0 aromatic heterocycles. The van der Waals surface area contributed by atoms with Crippen LogP contribution in [0.1, 0.15) is 26.2 Å². The number of aliphatic hydroxyl groups excluding tert-OH is 2. The Hall–Kier alpha value is 0.270. The van der Waals surface area contributed by atoms with Crippen molar-refractivity contribution in [1.29, 1.82) is 0 Å². The molecule has 0 aliphatic heterocycles. The van der Waals surface area contributed by atoms with Crippen LogP contribution in [0.4, 0.5) is 0 Å². The molecule has 0 aliphatic carbocycles. The lowest BCUT2D eigenvalue weighted by atomic mass is 10.3. The molecule has 2 nitrogen and oxygen atoms in total. The second-order valence-electron chi connectivity index (χ2n) is 2.65. The topological polar surface area (TPSA) is 40.5 Å². The maximum absolute atomic E-state index is 8.68. The van der Waals surface area contributed by atoms with Gasteiger partial charge in [-0.25, -0.2) is 0 Å². The van der Waals surface area contributed by atoms with E-state index in [9.17, 15) is 0 Å². The molecule has 0 amide bonds. The summed E-state index contributed by atoms with van der Waals surface area (Å²) in [7, 11) is 0. The van der Waals surface area contributed by atoms with Gasteiger partial charge in [-0.3, -0.25) is 0 Å². The highest BCUT2D eigenvalue weighted by atomic mass is 32.2. The molecule has 0 saturated heterocycles. The van der Waals surface area contributed by atoms with Gasteiger partial charge in [0.15, 0.2) is 0 Å². The second kappa shape index (κ2) is 8.37. The molecule has 0 fully saturated rings. The summed E-state index contributed by atoms with van der Waals surface area (Å²) in [5.41, 5.74) is 0. The zero-order valence-corrected chi connectivity index (χ0v) is 7.94. The number of hydrogen-bond acceptors (Lipinski definition) is 3. The van der Waals surface area contributed by atoms with Crippen molar-refractivity contribution in [3.8, 4) is 0 Å². The first-order valence-corrected chi connectivity index (χ1v) is 5.19. The largest absolute Gasteiger partial charge is 0.396 e. The van der Waals surface area contributed by atoms with Gasteiger partial charge in [0.1, 0.15) is 0 Å². The second-order valence-corrected chi connectivity index (χ2v) is 4.19. The van der Waals surface area contributed by atoms with Crippen LogP contribution in [0.2, 0.25) is 0 Å². The summed E-state index contributed by atoms with van der Waals surface area (Å²) in [5, 5.41) is 17.5. The van der Waals surface area contributed by atoms with E-state index in [1.165, 1.54) is 0 Å². The van der Waals surface area contributed by atoms with Crippen LogP contribution in [-0.4, -0.2) is 34.4 Å². The normalized spacial score (nSPS) is 13.4.